The number of hydrogen-bond acceptors (Lipinski definition) is 13. The Bertz CT molecular complexity index is 1010. The van der Waals surface area contributed by atoms with Crippen LogP contribution < -0.4 is 75.1 Å². The molecule has 1 fully saturated rings. The third-order valence-corrected chi connectivity index (χ3v) is 6.41. The quantitative estimate of drug-likeness (QED) is 0.108. The van der Waals surface area contributed by atoms with Crippen LogP contribution in [-0.4, -0.2) is 68.2 Å². The number of carbonyl (C=O) groups is 3. The van der Waals surface area contributed by atoms with Crippen LogP contribution in [0.5, 0.6) is 0 Å². The number of hydrogen-bond donors (Lipinski definition) is 2. The number of fused-ring (bicyclic) bond motifs is 1. The number of thiazole rings is 1. The van der Waals surface area contributed by atoms with E-state index < -0.39 is 53.2 Å². The van der Waals surface area contributed by atoms with E-state index in [1.807, 2.05) is 0 Å². The van der Waals surface area contributed by atoms with Crippen LogP contribution in [-0.2, 0) is 19.2 Å². The van der Waals surface area contributed by atoms with Gasteiger partial charge in [-0.2, -0.15) is 3.89 Å². The van der Waals surface area contributed by atoms with E-state index in [9.17, 15) is 33.6 Å². The number of oxime groups is 1. The van der Waals surface area contributed by atoms with Gasteiger partial charge in [0.2, 0.25) is 0 Å². The normalized spacial score (nSPS) is 20.5. The summed E-state index contributed by atoms with van der Waals surface area (Å²) in [5.41, 5.74) is 4.48. The summed E-state index contributed by atoms with van der Waals surface area (Å²) in [5, 5.41) is 36.4. The van der Waals surface area contributed by atoms with Crippen molar-refractivity contribution in [1.82, 2.24) is 9.88 Å². The third kappa shape index (κ3) is 6.18. The SMILES string of the molecule is Nc1nc(/C(=N\OCC(=O)[O-])C([O-])=N[C@@H]2C(=O)N3C(C(=O)O)=C(SF)CS[C@H]23)cs1.[Na+].[Na+]. The van der Waals surface area contributed by atoms with Crippen molar-refractivity contribution in [2.24, 2.45) is 10.1 Å². The molecule has 1 aromatic rings. The van der Waals surface area contributed by atoms with Crippen LogP contribution in [0.25, 0.3) is 0 Å². The fourth-order valence-electron chi connectivity index (χ4n) is 2.54. The van der Waals surface area contributed by atoms with Crippen molar-refractivity contribution >= 4 is 69.8 Å². The van der Waals surface area contributed by atoms with Gasteiger partial charge in [-0.25, -0.2) is 9.78 Å². The van der Waals surface area contributed by atoms with Crippen LogP contribution in [0.3, 0.4) is 0 Å². The van der Waals surface area contributed by atoms with Gasteiger partial charge < -0.3 is 30.7 Å². The Kier molecular flexibility index (Phi) is 11.5. The predicted molar refractivity (Wildman–Crippen MR) is 102 cm³/mol. The van der Waals surface area contributed by atoms with Crippen LogP contribution >= 0.6 is 35.2 Å². The number of nitrogen functional groups attached to an aromatic ring is 1. The van der Waals surface area contributed by atoms with E-state index in [1.165, 1.54) is 5.38 Å². The molecule has 0 saturated carbocycles. The molecule has 0 radical (unpaired) electrons. The molecule has 32 heavy (non-hydrogen) atoms. The van der Waals surface area contributed by atoms with Crippen molar-refractivity contribution in [2.75, 3.05) is 18.1 Å². The first-order valence-electron chi connectivity index (χ1n) is 7.80. The van der Waals surface area contributed by atoms with Crippen molar-refractivity contribution in [3.05, 3.63) is 21.7 Å². The van der Waals surface area contributed by atoms with E-state index in [2.05, 4.69) is 20.0 Å². The van der Waals surface area contributed by atoms with Gasteiger partial charge in [-0.15, -0.1) is 23.1 Å². The molecular weight excluding hydrogens is 511 g/mol. The first-order valence-corrected chi connectivity index (χ1v) is 10.4. The first-order chi connectivity index (χ1) is 14.2. The number of nitrogens with zero attached hydrogens (tertiary/aromatic N) is 4. The maximum absolute atomic E-state index is 13.0. The van der Waals surface area contributed by atoms with E-state index in [0.29, 0.717) is 0 Å². The van der Waals surface area contributed by atoms with Gasteiger partial charge in [0.25, 0.3) is 5.91 Å². The number of anilines is 1. The number of β-lactam (4-membered cyclic amide) rings is 1. The molecule has 0 spiro atoms. The molecule has 160 valence electrons. The van der Waals surface area contributed by atoms with Crippen LogP contribution in [0.4, 0.5) is 9.02 Å². The Labute approximate surface area is 236 Å². The molecule has 3 heterocycles. The molecule has 2 atom stereocenters. The molecule has 0 aromatic carbocycles. The standard InChI is InChI=1S/C14H12FN5O7S3.2Na/c15-30-5-3-28-12-8(11(24)20(12)9(5)13(25)26)18-10(23)7(19-27-1-6(21)22)4-2-29-14(16)17-4;;/h2,8,12H,1,3H2,(H2,16,17)(H,18,23)(H,21,22)(H,25,26);;/q;2*+1/p-2/b19-7+;;/t8-,12-;;/m1../s1. The molecule has 0 bridgehead atoms. The molecule has 3 N–H and O–H groups in total. The molecule has 1 amide bonds. The maximum Gasteiger partial charge on any atom is 1.00 e. The monoisotopic (exact) mass is 521 g/mol. The van der Waals surface area contributed by atoms with Crippen molar-refractivity contribution in [3.63, 3.8) is 0 Å². The number of aromatic nitrogens is 1. The van der Waals surface area contributed by atoms with Gasteiger partial charge in [0.15, 0.2) is 17.8 Å². The van der Waals surface area contributed by atoms with E-state index in [1.54, 1.807) is 0 Å². The summed E-state index contributed by atoms with van der Waals surface area (Å²) in [6.45, 7) is -0.943. The zero-order valence-electron chi connectivity index (χ0n) is 16.5. The molecule has 18 heteroatoms. The fraction of sp³-hybridized carbons (Fsp3) is 0.286. The van der Waals surface area contributed by atoms with Gasteiger partial charge in [-0.05, 0) is 0 Å². The number of carboxylic acid groups (broad SMARTS) is 2. The smallest absolute Gasteiger partial charge is 0.857 e. The minimum Gasteiger partial charge on any atom is -0.857 e. The number of halogens is 1. The first kappa shape index (κ1) is 29.2. The molecule has 1 saturated heterocycles. The van der Waals surface area contributed by atoms with E-state index >= 15 is 0 Å². The van der Waals surface area contributed by atoms with Crippen molar-refractivity contribution in [2.45, 2.75) is 11.4 Å². The predicted octanol–water partition coefficient (Wildman–Crippen LogP) is -7.84. The molecule has 1 aromatic heterocycles. The van der Waals surface area contributed by atoms with Crippen molar-refractivity contribution in [3.8, 4) is 0 Å². The third-order valence-electron chi connectivity index (χ3n) is 3.76. The van der Waals surface area contributed by atoms with Gasteiger partial charge in [0, 0.05) is 17.0 Å². The number of amides is 1. The zero-order chi connectivity index (χ0) is 22.0. The summed E-state index contributed by atoms with van der Waals surface area (Å²) < 4.78 is 13.0. The van der Waals surface area contributed by atoms with Crippen LogP contribution in [0, 0.1) is 0 Å². The second-order valence-corrected chi connectivity index (χ2v) is 8.24. The molecule has 2 aliphatic heterocycles. The molecule has 2 aliphatic rings. The number of nitrogens with two attached hydrogens (primary N) is 1. The number of rotatable bonds is 8. The Morgan fingerprint density at radius 2 is 2.12 bits per heavy atom. The van der Waals surface area contributed by atoms with Crippen LogP contribution in [0.2, 0.25) is 0 Å². The van der Waals surface area contributed by atoms with Gasteiger partial charge >= 0.3 is 65.1 Å². The average molecular weight is 521 g/mol. The summed E-state index contributed by atoms with van der Waals surface area (Å²) in [4.78, 5) is 47.2. The molecule has 3 rings (SSSR count). The van der Waals surface area contributed by atoms with E-state index in [-0.39, 0.29) is 92.7 Å². The average Bonchev–Trinajstić information content (AvgIpc) is 3.13. The van der Waals surface area contributed by atoms with Gasteiger partial charge in [-0.3, -0.25) is 14.7 Å². The van der Waals surface area contributed by atoms with Gasteiger partial charge in [0.05, 0.1) is 23.0 Å². The number of aliphatic imine (C=N–C) groups is 1. The Hall–Kier alpha value is -0.850. The van der Waals surface area contributed by atoms with Crippen LogP contribution in [0.1, 0.15) is 5.69 Å². The fourth-order valence-corrected chi connectivity index (χ4v) is 4.91. The summed E-state index contributed by atoms with van der Waals surface area (Å²) in [6.07, 6.45) is 0. The van der Waals surface area contributed by atoms with E-state index in [4.69, 9.17) is 5.73 Å². The number of carbonyl (C=O) groups excluding carboxylic acids is 2. The minimum absolute atomic E-state index is 0. The topological polar surface area (TPSA) is 194 Å². The van der Waals surface area contributed by atoms with Crippen LogP contribution in [0.15, 0.2) is 26.1 Å². The molecule has 0 unspecified atom stereocenters. The van der Waals surface area contributed by atoms with Gasteiger partial charge in [0.1, 0.15) is 22.5 Å². The Balaban J connectivity index is 0.00000256. The van der Waals surface area contributed by atoms with Crippen molar-refractivity contribution in [1.29, 1.82) is 0 Å². The molecule has 12 nitrogen and oxygen atoms in total. The second-order valence-electron chi connectivity index (χ2n) is 5.60. The zero-order valence-corrected chi connectivity index (χ0v) is 23.0. The summed E-state index contributed by atoms with van der Waals surface area (Å²) in [5.74, 6) is -4.94. The largest absolute Gasteiger partial charge is 1.00 e. The minimum atomic E-state index is -1.58. The summed E-state index contributed by atoms with van der Waals surface area (Å²) in [7, 11) is 0. The van der Waals surface area contributed by atoms with Crippen molar-refractivity contribution < 1.29 is 97.5 Å². The Morgan fingerprint density at radius 3 is 2.66 bits per heavy atom. The number of thioether (sulfide) groups is 1. The summed E-state index contributed by atoms with van der Waals surface area (Å²) >= 11 is 1.75. The number of aliphatic carboxylic acids is 2. The Morgan fingerprint density at radius 1 is 1.44 bits per heavy atom. The second kappa shape index (κ2) is 12.6. The summed E-state index contributed by atoms with van der Waals surface area (Å²) in [6, 6.07) is -1.25. The molecule has 0 aliphatic carbocycles. The maximum atomic E-state index is 13.0. The van der Waals surface area contributed by atoms with E-state index in [0.717, 1.165) is 28.0 Å². The molecular formula is C14H10FN5Na2O7S3. The van der Waals surface area contributed by atoms with Gasteiger partial charge in [-0.1, -0.05) is 5.16 Å². The number of carboxylic acids is 2.